The third-order valence-corrected chi connectivity index (χ3v) is 5.81. The average molecular weight is 463 g/mol. The molecule has 1 aliphatic carbocycles. The van der Waals surface area contributed by atoms with Crippen LogP contribution in [0.1, 0.15) is 62.9 Å². The molecule has 0 radical (unpaired) electrons. The normalized spacial score (nSPS) is 18.9. The smallest absolute Gasteiger partial charge is 0.407 e. The number of aromatic nitrogens is 1. The van der Waals surface area contributed by atoms with Crippen molar-refractivity contribution in [3.8, 4) is 0 Å². The maximum atomic E-state index is 15.8. The van der Waals surface area contributed by atoms with Crippen LogP contribution in [0.15, 0.2) is 17.1 Å². The van der Waals surface area contributed by atoms with Gasteiger partial charge in [-0.1, -0.05) is 0 Å². The van der Waals surface area contributed by atoms with Gasteiger partial charge in [0.1, 0.15) is 22.7 Å². The number of nitrogens with one attached hydrogen (secondary N) is 1. The van der Waals surface area contributed by atoms with E-state index in [2.05, 4.69) is 5.32 Å². The molecule has 10 heteroatoms. The molecular formula is C23H27F2N3O5. The number of fused-ring (bicyclic) bond motifs is 1. The van der Waals surface area contributed by atoms with Gasteiger partial charge in [0, 0.05) is 31.4 Å². The molecule has 178 valence electrons. The van der Waals surface area contributed by atoms with E-state index in [1.54, 1.807) is 20.8 Å². The fourth-order valence-corrected chi connectivity index (χ4v) is 4.29. The molecule has 2 aliphatic rings. The first kappa shape index (κ1) is 23.0. The van der Waals surface area contributed by atoms with Crippen LogP contribution in [0.2, 0.25) is 0 Å². The molecule has 1 aliphatic heterocycles. The predicted octanol–water partition coefficient (Wildman–Crippen LogP) is 3.81. The summed E-state index contributed by atoms with van der Waals surface area (Å²) in [6.07, 6.45) is 3.20. The van der Waals surface area contributed by atoms with Gasteiger partial charge in [0.15, 0.2) is 5.82 Å². The molecule has 1 saturated heterocycles. The first-order valence-corrected chi connectivity index (χ1v) is 11.0. The summed E-state index contributed by atoms with van der Waals surface area (Å²) in [4.78, 5) is 37.8. The number of aromatic carboxylic acids is 1. The maximum absolute atomic E-state index is 15.8. The van der Waals surface area contributed by atoms with Crippen molar-refractivity contribution in [2.75, 3.05) is 18.0 Å². The van der Waals surface area contributed by atoms with Crippen LogP contribution in [-0.2, 0) is 4.74 Å². The van der Waals surface area contributed by atoms with Crippen molar-refractivity contribution >= 4 is 28.7 Å². The van der Waals surface area contributed by atoms with Crippen molar-refractivity contribution in [3.63, 3.8) is 0 Å². The minimum absolute atomic E-state index is 0.0916. The number of carboxylic acids is 1. The van der Waals surface area contributed by atoms with E-state index in [0.29, 0.717) is 19.4 Å². The number of pyridine rings is 1. The summed E-state index contributed by atoms with van der Waals surface area (Å²) < 4.78 is 37.7. The van der Waals surface area contributed by atoms with Crippen molar-refractivity contribution in [3.05, 3.63) is 39.7 Å². The number of nitrogens with zero attached hydrogens (tertiary/aromatic N) is 2. The largest absolute Gasteiger partial charge is 0.477 e. The van der Waals surface area contributed by atoms with Crippen LogP contribution in [0.5, 0.6) is 0 Å². The minimum Gasteiger partial charge on any atom is -0.477 e. The highest BCUT2D eigenvalue weighted by molar-refractivity contribution is 5.94. The van der Waals surface area contributed by atoms with E-state index in [1.807, 2.05) is 0 Å². The number of carboxylic acid groups (broad SMARTS) is 1. The summed E-state index contributed by atoms with van der Waals surface area (Å²) in [7, 11) is 0. The number of piperidine rings is 1. The maximum Gasteiger partial charge on any atom is 0.407 e. The van der Waals surface area contributed by atoms with Gasteiger partial charge in [-0.3, -0.25) is 4.79 Å². The Morgan fingerprint density at radius 2 is 1.91 bits per heavy atom. The molecule has 2 aromatic rings. The Kier molecular flexibility index (Phi) is 5.79. The second kappa shape index (κ2) is 8.31. The molecule has 1 atom stereocenters. The van der Waals surface area contributed by atoms with E-state index in [-0.39, 0.29) is 35.2 Å². The molecule has 1 saturated carbocycles. The van der Waals surface area contributed by atoms with Crippen molar-refractivity contribution in [2.24, 2.45) is 0 Å². The molecule has 2 fully saturated rings. The first-order chi connectivity index (χ1) is 15.5. The number of carbonyl (C=O) groups excluding carboxylic acids is 1. The van der Waals surface area contributed by atoms with Gasteiger partial charge in [0.05, 0.1) is 10.9 Å². The minimum atomic E-state index is -1.44. The Hall–Kier alpha value is -3.17. The number of benzene rings is 1. The van der Waals surface area contributed by atoms with E-state index in [9.17, 15) is 19.5 Å². The lowest BCUT2D eigenvalue weighted by Gasteiger charge is -2.35. The summed E-state index contributed by atoms with van der Waals surface area (Å²) in [6.45, 7) is 5.77. The number of anilines is 1. The highest BCUT2D eigenvalue weighted by Crippen LogP contribution is 2.40. The Morgan fingerprint density at radius 1 is 1.21 bits per heavy atom. The van der Waals surface area contributed by atoms with Gasteiger partial charge in [-0.2, -0.15) is 0 Å². The first-order valence-electron chi connectivity index (χ1n) is 11.0. The van der Waals surface area contributed by atoms with Gasteiger partial charge < -0.3 is 24.6 Å². The number of alkyl carbamates (subject to hydrolysis) is 1. The van der Waals surface area contributed by atoms with Gasteiger partial charge >= 0.3 is 12.1 Å². The monoisotopic (exact) mass is 463 g/mol. The highest BCUT2D eigenvalue weighted by Gasteiger charge is 2.32. The molecular weight excluding hydrogens is 436 g/mol. The van der Waals surface area contributed by atoms with Crippen LogP contribution >= 0.6 is 0 Å². The van der Waals surface area contributed by atoms with Crippen LogP contribution in [0.25, 0.3) is 10.9 Å². The molecule has 0 unspecified atom stereocenters. The molecule has 4 rings (SSSR count). The third kappa shape index (κ3) is 4.65. The van der Waals surface area contributed by atoms with E-state index in [1.165, 1.54) is 9.47 Å². The lowest BCUT2D eigenvalue weighted by atomic mass is 10.0. The lowest BCUT2D eigenvalue weighted by molar-refractivity contribution is 0.0499. The van der Waals surface area contributed by atoms with Gasteiger partial charge in [-0.05, 0) is 52.5 Å². The zero-order valence-corrected chi connectivity index (χ0v) is 18.8. The van der Waals surface area contributed by atoms with E-state index < -0.39 is 40.3 Å². The van der Waals surface area contributed by atoms with Crippen LogP contribution in [0, 0.1) is 11.6 Å². The number of halogens is 2. The molecule has 0 spiro atoms. The Balaban J connectivity index is 1.72. The quantitative estimate of drug-likeness (QED) is 0.715. The molecule has 1 aromatic carbocycles. The zero-order valence-electron chi connectivity index (χ0n) is 18.8. The van der Waals surface area contributed by atoms with E-state index in [4.69, 9.17) is 4.74 Å². The fraction of sp³-hybridized carbons (Fsp3) is 0.522. The van der Waals surface area contributed by atoms with Crippen molar-refractivity contribution in [1.29, 1.82) is 0 Å². The SMILES string of the molecule is CC(C)(C)OC(=O)N[C@H]1CCCN(c2c(F)cc3c(=O)c(C(=O)O)cn(C4CC4)c3c2F)C1. The standard InChI is InChI=1S/C23H27F2N3O5/c1-23(2,3)33-22(32)26-12-5-4-8-27(10-12)19-16(24)9-14-18(17(19)25)28(13-6-7-13)11-15(20(14)29)21(30)31/h9,11-13H,4-8,10H2,1-3H3,(H,26,32)(H,30,31)/t12-/m0/s1. The second-order valence-electron chi connectivity index (χ2n) is 9.66. The van der Waals surface area contributed by atoms with Crippen LogP contribution in [0.4, 0.5) is 19.3 Å². The van der Waals surface area contributed by atoms with E-state index in [0.717, 1.165) is 25.1 Å². The van der Waals surface area contributed by atoms with Crippen LogP contribution < -0.4 is 15.6 Å². The molecule has 2 heterocycles. The summed E-state index contributed by atoms with van der Waals surface area (Å²) in [5.41, 5.74) is -2.47. The summed E-state index contributed by atoms with van der Waals surface area (Å²) >= 11 is 0. The topological polar surface area (TPSA) is 101 Å². The molecule has 8 nitrogen and oxygen atoms in total. The number of rotatable bonds is 4. The zero-order chi connectivity index (χ0) is 24.1. The Morgan fingerprint density at radius 3 is 2.52 bits per heavy atom. The second-order valence-corrected chi connectivity index (χ2v) is 9.66. The molecule has 1 amide bonds. The van der Waals surface area contributed by atoms with Gasteiger partial charge in [0.2, 0.25) is 5.43 Å². The molecule has 33 heavy (non-hydrogen) atoms. The predicted molar refractivity (Wildman–Crippen MR) is 118 cm³/mol. The Bertz CT molecular complexity index is 1180. The van der Waals surface area contributed by atoms with E-state index >= 15 is 8.78 Å². The molecule has 0 bridgehead atoms. The fourth-order valence-electron chi connectivity index (χ4n) is 4.29. The van der Waals surface area contributed by atoms with Gasteiger partial charge in [-0.25, -0.2) is 18.4 Å². The third-order valence-electron chi connectivity index (χ3n) is 5.81. The highest BCUT2D eigenvalue weighted by atomic mass is 19.1. The van der Waals surface area contributed by atoms with Gasteiger partial charge in [-0.15, -0.1) is 0 Å². The van der Waals surface area contributed by atoms with Crippen molar-refractivity contribution in [2.45, 2.75) is 64.1 Å². The van der Waals surface area contributed by atoms with Gasteiger partial charge in [0.25, 0.3) is 0 Å². The van der Waals surface area contributed by atoms with Crippen molar-refractivity contribution in [1.82, 2.24) is 9.88 Å². The number of carbonyl (C=O) groups is 2. The Labute approximate surface area is 189 Å². The van der Waals surface area contributed by atoms with Crippen LogP contribution in [0.3, 0.4) is 0 Å². The molecule has 1 aromatic heterocycles. The summed E-state index contributed by atoms with van der Waals surface area (Å²) in [5, 5.41) is 11.8. The summed E-state index contributed by atoms with van der Waals surface area (Å²) in [6, 6.07) is 0.414. The number of hydrogen-bond acceptors (Lipinski definition) is 5. The summed E-state index contributed by atoms with van der Waals surface area (Å²) in [5.74, 6) is -3.28. The number of amides is 1. The lowest BCUT2D eigenvalue weighted by Crippen LogP contribution is -2.49. The van der Waals surface area contributed by atoms with Crippen molar-refractivity contribution < 1.29 is 28.2 Å². The molecule has 2 N–H and O–H groups in total. The average Bonchev–Trinajstić information content (AvgIpc) is 3.52. The number of hydrogen-bond donors (Lipinski definition) is 2. The van der Waals surface area contributed by atoms with Crippen LogP contribution in [-0.4, -0.2) is 46.5 Å². The number of ether oxygens (including phenoxy) is 1.